The molecule has 1 aliphatic heterocycles. The second-order valence-electron chi connectivity index (χ2n) is 6.81. The van der Waals surface area contributed by atoms with Crippen LogP contribution in [0.4, 0.5) is 0 Å². The molecule has 0 aromatic carbocycles. The van der Waals surface area contributed by atoms with E-state index in [1.165, 1.54) is 80.6 Å². The first-order chi connectivity index (χ1) is 9.92. The Hall–Kier alpha value is -0.960. The normalized spacial score (nSPS) is 24.2. The van der Waals surface area contributed by atoms with E-state index >= 15 is 0 Å². The van der Waals surface area contributed by atoms with Crippen LogP contribution < -0.4 is 5.32 Å². The fraction of sp³-hybridized carbons (Fsp3) is 0.765. The van der Waals surface area contributed by atoms with Crippen LogP contribution in [0, 0.1) is 0 Å². The Bertz CT molecular complexity index is 485. The van der Waals surface area contributed by atoms with Crippen LogP contribution in [-0.2, 0) is 13.1 Å². The molecule has 2 heterocycles. The Kier molecular flexibility index (Phi) is 3.47. The Balaban J connectivity index is 1.65. The quantitative estimate of drug-likeness (QED) is 0.889. The fourth-order valence-corrected chi connectivity index (χ4v) is 3.81. The molecule has 3 nitrogen and oxygen atoms in total. The van der Waals surface area contributed by atoms with Crippen molar-refractivity contribution in [2.45, 2.75) is 82.7 Å². The van der Waals surface area contributed by atoms with Gasteiger partial charge in [0.25, 0.3) is 0 Å². The highest BCUT2D eigenvalue weighted by molar-refractivity contribution is 5.34. The number of nitrogens with zero attached hydrogens (tertiary/aromatic N) is 2. The summed E-state index contributed by atoms with van der Waals surface area (Å²) in [6.07, 6.45) is 12.2. The Morgan fingerprint density at radius 2 is 1.50 bits per heavy atom. The van der Waals surface area contributed by atoms with Crippen molar-refractivity contribution in [3.63, 3.8) is 0 Å². The standard InChI is InChI=1S/C17H25N3/c1-2-4-6-13(7-5-3-1)17-19-15-11-18-10-14(15)16(20-17)12-8-9-12/h12-13,18H,1-11H2. The van der Waals surface area contributed by atoms with Gasteiger partial charge in [-0.3, -0.25) is 0 Å². The summed E-state index contributed by atoms with van der Waals surface area (Å²) in [6, 6.07) is 0. The average molecular weight is 271 g/mol. The van der Waals surface area contributed by atoms with E-state index in [1.54, 1.807) is 0 Å². The van der Waals surface area contributed by atoms with Crippen LogP contribution in [-0.4, -0.2) is 9.97 Å². The summed E-state index contributed by atoms with van der Waals surface area (Å²) in [4.78, 5) is 10.00. The molecule has 0 saturated heterocycles. The second-order valence-corrected chi connectivity index (χ2v) is 6.81. The first kappa shape index (κ1) is 12.8. The van der Waals surface area contributed by atoms with Crippen molar-refractivity contribution in [1.29, 1.82) is 0 Å². The minimum Gasteiger partial charge on any atom is -0.307 e. The Morgan fingerprint density at radius 3 is 2.25 bits per heavy atom. The van der Waals surface area contributed by atoms with Crippen LogP contribution >= 0.6 is 0 Å². The van der Waals surface area contributed by atoms with Crippen molar-refractivity contribution in [3.8, 4) is 0 Å². The largest absolute Gasteiger partial charge is 0.307 e. The van der Waals surface area contributed by atoms with Crippen LogP contribution in [0.2, 0.25) is 0 Å². The van der Waals surface area contributed by atoms with Gasteiger partial charge in [0.05, 0.1) is 11.4 Å². The molecule has 1 aromatic heterocycles. The smallest absolute Gasteiger partial charge is 0.132 e. The molecule has 0 amide bonds. The average Bonchev–Trinajstić information content (AvgIpc) is 3.15. The molecule has 0 radical (unpaired) electrons. The van der Waals surface area contributed by atoms with Gasteiger partial charge in [0.15, 0.2) is 0 Å². The summed E-state index contributed by atoms with van der Waals surface area (Å²) in [5.41, 5.74) is 4.14. The molecular weight excluding hydrogens is 246 g/mol. The van der Waals surface area contributed by atoms with Gasteiger partial charge in [0.2, 0.25) is 0 Å². The van der Waals surface area contributed by atoms with Gasteiger partial charge < -0.3 is 5.32 Å². The van der Waals surface area contributed by atoms with E-state index in [9.17, 15) is 0 Å². The topological polar surface area (TPSA) is 37.8 Å². The van der Waals surface area contributed by atoms with Crippen LogP contribution in [0.5, 0.6) is 0 Å². The molecule has 1 N–H and O–H groups in total. The third kappa shape index (κ3) is 2.48. The number of nitrogens with one attached hydrogen (secondary N) is 1. The highest BCUT2D eigenvalue weighted by Gasteiger charge is 2.32. The summed E-state index contributed by atoms with van der Waals surface area (Å²) in [7, 11) is 0. The summed E-state index contributed by atoms with van der Waals surface area (Å²) in [5.74, 6) is 2.55. The number of rotatable bonds is 2. The zero-order valence-electron chi connectivity index (χ0n) is 12.3. The Labute approximate surface area is 121 Å². The van der Waals surface area contributed by atoms with Gasteiger partial charge in [0.1, 0.15) is 5.82 Å². The zero-order valence-corrected chi connectivity index (χ0v) is 12.3. The van der Waals surface area contributed by atoms with Gasteiger partial charge in [-0.25, -0.2) is 9.97 Å². The van der Waals surface area contributed by atoms with E-state index in [-0.39, 0.29) is 0 Å². The van der Waals surface area contributed by atoms with Crippen molar-refractivity contribution < 1.29 is 0 Å². The molecule has 0 bridgehead atoms. The Morgan fingerprint density at radius 1 is 0.750 bits per heavy atom. The van der Waals surface area contributed by atoms with Gasteiger partial charge in [0, 0.05) is 30.5 Å². The minimum absolute atomic E-state index is 0.624. The molecule has 2 fully saturated rings. The van der Waals surface area contributed by atoms with Crippen molar-refractivity contribution >= 4 is 0 Å². The van der Waals surface area contributed by atoms with Crippen molar-refractivity contribution in [3.05, 3.63) is 22.8 Å². The molecule has 3 aliphatic rings. The molecule has 108 valence electrons. The fourth-order valence-electron chi connectivity index (χ4n) is 3.81. The van der Waals surface area contributed by atoms with E-state index in [2.05, 4.69) is 5.32 Å². The summed E-state index contributed by atoms with van der Waals surface area (Å²) in [6.45, 7) is 1.95. The van der Waals surface area contributed by atoms with Crippen molar-refractivity contribution in [1.82, 2.24) is 15.3 Å². The monoisotopic (exact) mass is 271 g/mol. The lowest BCUT2D eigenvalue weighted by Crippen LogP contribution is -2.11. The van der Waals surface area contributed by atoms with Gasteiger partial charge in [-0.05, 0) is 25.7 Å². The van der Waals surface area contributed by atoms with E-state index in [1.807, 2.05) is 0 Å². The lowest BCUT2D eigenvalue weighted by molar-refractivity contribution is 0.440. The molecule has 20 heavy (non-hydrogen) atoms. The van der Waals surface area contributed by atoms with Crippen LogP contribution in [0.1, 0.15) is 92.4 Å². The first-order valence-corrected chi connectivity index (χ1v) is 8.52. The molecule has 2 aliphatic carbocycles. The minimum atomic E-state index is 0.624. The molecule has 0 unspecified atom stereocenters. The number of hydrogen-bond acceptors (Lipinski definition) is 3. The molecule has 4 rings (SSSR count). The maximum absolute atomic E-state index is 5.05. The van der Waals surface area contributed by atoms with Crippen LogP contribution in [0.25, 0.3) is 0 Å². The molecule has 0 atom stereocenters. The molecule has 0 spiro atoms. The second kappa shape index (κ2) is 5.44. The summed E-state index contributed by atoms with van der Waals surface area (Å²) >= 11 is 0. The molecule has 1 aromatic rings. The maximum Gasteiger partial charge on any atom is 0.132 e. The highest BCUT2D eigenvalue weighted by Crippen LogP contribution is 2.42. The number of hydrogen-bond donors (Lipinski definition) is 1. The maximum atomic E-state index is 5.05. The predicted molar refractivity (Wildman–Crippen MR) is 79.6 cm³/mol. The first-order valence-electron chi connectivity index (χ1n) is 8.52. The third-order valence-electron chi connectivity index (χ3n) is 5.17. The lowest BCUT2D eigenvalue weighted by atomic mass is 9.90. The predicted octanol–water partition coefficient (Wildman–Crippen LogP) is 3.79. The summed E-state index contributed by atoms with van der Waals surface area (Å²) < 4.78 is 0. The zero-order chi connectivity index (χ0) is 13.4. The van der Waals surface area contributed by atoms with Gasteiger partial charge in [-0.1, -0.05) is 32.1 Å². The van der Waals surface area contributed by atoms with E-state index in [0.717, 1.165) is 19.0 Å². The number of fused-ring (bicyclic) bond motifs is 1. The van der Waals surface area contributed by atoms with Crippen LogP contribution in [0.15, 0.2) is 0 Å². The number of aromatic nitrogens is 2. The van der Waals surface area contributed by atoms with Gasteiger partial charge in [-0.2, -0.15) is 0 Å². The summed E-state index contributed by atoms with van der Waals surface area (Å²) in [5, 5.41) is 3.46. The molecule has 3 heteroatoms. The SMILES string of the molecule is C1CCCC(c2nc3c(c(C4CC4)n2)CNC3)CCC1. The van der Waals surface area contributed by atoms with Crippen molar-refractivity contribution in [2.24, 2.45) is 0 Å². The molecular formula is C17H25N3. The highest BCUT2D eigenvalue weighted by atomic mass is 15.0. The van der Waals surface area contributed by atoms with Crippen molar-refractivity contribution in [2.75, 3.05) is 0 Å². The van der Waals surface area contributed by atoms with Gasteiger partial charge in [-0.15, -0.1) is 0 Å². The lowest BCUT2D eigenvalue weighted by Gasteiger charge is -2.20. The molecule has 2 saturated carbocycles. The van der Waals surface area contributed by atoms with E-state index in [4.69, 9.17) is 9.97 Å². The van der Waals surface area contributed by atoms with E-state index in [0.29, 0.717) is 5.92 Å². The van der Waals surface area contributed by atoms with Gasteiger partial charge >= 0.3 is 0 Å². The van der Waals surface area contributed by atoms with E-state index < -0.39 is 0 Å². The third-order valence-corrected chi connectivity index (χ3v) is 5.17. The van der Waals surface area contributed by atoms with Crippen LogP contribution in [0.3, 0.4) is 0 Å².